The second-order valence-corrected chi connectivity index (χ2v) is 6.91. The molecule has 0 atom stereocenters. The van der Waals surface area contributed by atoms with Crippen LogP contribution >= 0.6 is 11.6 Å². The van der Waals surface area contributed by atoms with E-state index in [0.717, 1.165) is 5.56 Å². The first kappa shape index (κ1) is 18.9. The number of anilines is 2. The molecule has 0 saturated heterocycles. The molecule has 3 rings (SSSR count). The predicted octanol–water partition coefficient (Wildman–Crippen LogP) is 3.51. The van der Waals surface area contributed by atoms with E-state index < -0.39 is 17.3 Å². The number of benzene rings is 2. The summed E-state index contributed by atoms with van der Waals surface area (Å²) in [4.78, 5) is 35.5. The second kappa shape index (κ2) is 7.80. The highest BCUT2D eigenvalue weighted by Gasteiger charge is 2.52. The summed E-state index contributed by atoms with van der Waals surface area (Å²) < 4.78 is 5.22. The van der Waals surface area contributed by atoms with Gasteiger partial charge in [0.25, 0.3) is 5.91 Å². The molecule has 140 valence electrons. The fourth-order valence-electron chi connectivity index (χ4n) is 2.81. The van der Waals surface area contributed by atoms with Crippen molar-refractivity contribution in [1.29, 1.82) is 0 Å². The number of halogens is 1. The van der Waals surface area contributed by atoms with Gasteiger partial charge in [0.2, 0.25) is 5.91 Å². The maximum absolute atomic E-state index is 12.4. The van der Waals surface area contributed by atoms with Gasteiger partial charge in [-0.25, -0.2) is 0 Å². The van der Waals surface area contributed by atoms with E-state index in [1.807, 2.05) is 12.1 Å². The molecular formula is C20H19ClN2O4. The van der Waals surface area contributed by atoms with Crippen LogP contribution in [-0.4, -0.2) is 24.4 Å². The van der Waals surface area contributed by atoms with E-state index in [9.17, 15) is 14.4 Å². The SMILES string of the molecule is CC(=O)Nc1ccc(NC(=O)COC(=O)C2(c3ccc(Cl)cc3)CC2)cc1. The Bertz CT molecular complexity index is 859. The maximum Gasteiger partial charge on any atom is 0.317 e. The average Bonchev–Trinajstić information content (AvgIpc) is 3.43. The lowest BCUT2D eigenvalue weighted by molar-refractivity contribution is -0.150. The number of carbonyl (C=O) groups excluding carboxylic acids is 3. The molecule has 1 aliphatic carbocycles. The van der Waals surface area contributed by atoms with Crippen molar-refractivity contribution in [3.63, 3.8) is 0 Å². The largest absolute Gasteiger partial charge is 0.455 e. The molecule has 1 saturated carbocycles. The normalized spacial score (nSPS) is 14.1. The summed E-state index contributed by atoms with van der Waals surface area (Å²) in [6.45, 7) is 1.06. The Balaban J connectivity index is 1.52. The zero-order valence-corrected chi connectivity index (χ0v) is 15.5. The number of hydrogen-bond donors (Lipinski definition) is 2. The van der Waals surface area contributed by atoms with E-state index in [2.05, 4.69) is 10.6 Å². The van der Waals surface area contributed by atoms with Gasteiger partial charge in [-0.2, -0.15) is 0 Å². The Hall–Kier alpha value is -2.86. The number of rotatable bonds is 6. The van der Waals surface area contributed by atoms with Crippen molar-refractivity contribution in [3.8, 4) is 0 Å². The van der Waals surface area contributed by atoms with Crippen molar-refractivity contribution >= 4 is 40.8 Å². The van der Waals surface area contributed by atoms with Crippen LogP contribution < -0.4 is 10.6 Å². The van der Waals surface area contributed by atoms with Crippen LogP contribution in [0.2, 0.25) is 5.02 Å². The van der Waals surface area contributed by atoms with E-state index in [1.165, 1.54) is 6.92 Å². The number of ether oxygens (including phenoxy) is 1. The molecule has 0 aromatic heterocycles. The summed E-state index contributed by atoms with van der Waals surface area (Å²) in [5, 5.41) is 5.89. The van der Waals surface area contributed by atoms with Crippen molar-refractivity contribution in [3.05, 3.63) is 59.1 Å². The third-order valence-electron chi connectivity index (χ3n) is 4.36. The summed E-state index contributed by atoms with van der Waals surface area (Å²) in [6, 6.07) is 13.7. The second-order valence-electron chi connectivity index (χ2n) is 6.47. The fourth-order valence-corrected chi connectivity index (χ4v) is 2.94. The fraction of sp³-hybridized carbons (Fsp3) is 0.250. The minimum atomic E-state index is -0.662. The summed E-state index contributed by atoms with van der Waals surface area (Å²) >= 11 is 5.89. The number of nitrogens with one attached hydrogen (secondary N) is 2. The molecule has 2 aromatic carbocycles. The molecule has 0 unspecified atom stereocenters. The summed E-state index contributed by atoms with van der Waals surface area (Å²) in [5.41, 5.74) is 1.37. The van der Waals surface area contributed by atoms with Crippen molar-refractivity contribution in [2.75, 3.05) is 17.2 Å². The van der Waals surface area contributed by atoms with Gasteiger partial charge >= 0.3 is 5.97 Å². The molecule has 1 fully saturated rings. The standard InChI is InChI=1S/C20H19ClN2O4/c1-13(24)22-16-6-8-17(9-7-16)23-18(25)12-27-19(26)20(10-11-20)14-2-4-15(21)5-3-14/h2-9H,10-12H2,1H3,(H,22,24)(H,23,25). The van der Waals surface area contributed by atoms with Crippen molar-refractivity contribution in [2.45, 2.75) is 25.2 Å². The summed E-state index contributed by atoms with van der Waals surface area (Å²) in [5.74, 6) is -1.00. The van der Waals surface area contributed by atoms with Gasteiger partial charge in [-0.05, 0) is 54.8 Å². The van der Waals surface area contributed by atoms with Crippen LogP contribution in [0.25, 0.3) is 0 Å². The molecule has 0 heterocycles. The molecule has 0 spiro atoms. The van der Waals surface area contributed by atoms with E-state index in [4.69, 9.17) is 16.3 Å². The van der Waals surface area contributed by atoms with Crippen LogP contribution in [0, 0.1) is 0 Å². The summed E-state index contributed by atoms with van der Waals surface area (Å²) in [7, 11) is 0. The van der Waals surface area contributed by atoms with Crippen LogP contribution in [-0.2, 0) is 24.5 Å². The number of esters is 1. The van der Waals surface area contributed by atoms with E-state index in [-0.39, 0.29) is 12.5 Å². The topological polar surface area (TPSA) is 84.5 Å². The molecular weight excluding hydrogens is 368 g/mol. The molecule has 1 aliphatic rings. The highest BCUT2D eigenvalue weighted by atomic mass is 35.5. The Labute approximate surface area is 161 Å². The van der Waals surface area contributed by atoms with Crippen LogP contribution in [0.1, 0.15) is 25.3 Å². The lowest BCUT2D eigenvalue weighted by Crippen LogP contribution is -2.28. The number of hydrogen-bond acceptors (Lipinski definition) is 4. The Morgan fingerprint density at radius 3 is 2.04 bits per heavy atom. The van der Waals surface area contributed by atoms with Crippen molar-refractivity contribution in [1.82, 2.24) is 0 Å². The first-order chi connectivity index (χ1) is 12.9. The van der Waals surface area contributed by atoms with Crippen LogP contribution in [0.4, 0.5) is 11.4 Å². The monoisotopic (exact) mass is 386 g/mol. The van der Waals surface area contributed by atoms with Crippen molar-refractivity contribution in [2.24, 2.45) is 0 Å². The third-order valence-corrected chi connectivity index (χ3v) is 4.61. The molecule has 2 aromatic rings. The first-order valence-corrected chi connectivity index (χ1v) is 8.88. The molecule has 0 aliphatic heterocycles. The molecule has 0 bridgehead atoms. The number of carbonyl (C=O) groups is 3. The Morgan fingerprint density at radius 1 is 0.963 bits per heavy atom. The van der Waals surface area contributed by atoms with Gasteiger partial charge in [0.15, 0.2) is 6.61 Å². The quantitative estimate of drug-likeness (QED) is 0.744. The third kappa shape index (κ3) is 4.65. The highest BCUT2D eigenvalue weighted by Crippen LogP contribution is 2.49. The minimum absolute atomic E-state index is 0.173. The van der Waals surface area contributed by atoms with Crippen LogP contribution in [0.5, 0.6) is 0 Å². The van der Waals surface area contributed by atoms with Gasteiger partial charge in [0.1, 0.15) is 0 Å². The Kier molecular flexibility index (Phi) is 5.46. The zero-order chi connectivity index (χ0) is 19.4. The smallest absolute Gasteiger partial charge is 0.317 e. The molecule has 0 radical (unpaired) electrons. The summed E-state index contributed by atoms with van der Waals surface area (Å²) in [6.07, 6.45) is 1.39. The molecule has 6 nitrogen and oxygen atoms in total. The van der Waals surface area contributed by atoms with E-state index >= 15 is 0 Å². The lowest BCUT2D eigenvalue weighted by Gasteiger charge is -2.15. The zero-order valence-electron chi connectivity index (χ0n) is 14.8. The number of amides is 2. The van der Waals surface area contributed by atoms with E-state index in [0.29, 0.717) is 29.2 Å². The maximum atomic E-state index is 12.4. The first-order valence-electron chi connectivity index (χ1n) is 8.50. The van der Waals surface area contributed by atoms with Gasteiger partial charge in [0.05, 0.1) is 5.41 Å². The average molecular weight is 387 g/mol. The van der Waals surface area contributed by atoms with Gasteiger partial charge in [-0.3, -0.25) is 14.4 Å². The predicted molar refractivity (Wildman–Crippen MR) is 103 cm³/mol. The Morgan fingerprint density at radius 2 is 1.52 bits per heavy atom. The lowest BCUT2D eigenvalue weighted by atomic mass is 9.96. The molecule has 2 amide bonds. The minimum Gasteiger partial charge on any atom is -0.455 e. The molecule has 27 heavy (non-hydrogen) atoms. The van der Waals surface area contributed by atoms with Gasteiger partial charge in [0, 0.05) is 23.3 Å². The van der Waals surface area contributed by atoms with Crippen molar-refractivity contribution < 1.29 is 19.1 Å². The van der Waals surface area contributed by atoms with Crippen LogP contribution in [0.15, 0.2) is 48.5 Å². The molecule has 2 N–H and O–H groups in total. The van der Waals surface area contributed by atoms with E-state index in [1.54, 1.807) is 36.4 Å². The van der Waals surface area contributed by atoms with Crippen LogP contribution in [0.3, 0.4) is 0 Å². The van der Waals surface area contributed by atoms with Gasteiger partial charge in [-0.1, -0.05) is 23.7 Å². The van der Waals surface area contributed by atoms with Gasteiger partial charge in [-0.15, -0.1) is 0 Å². The highest BCUT2D eigenvalue weighted by molar-refractivity contribution is 6.30. The molecule has 7 heteroatoms. The van der Waals surface area contributed by atoms with Gasteiger partial charge < -0.3 is 15.4 Å².